The molecule has 0 spiro atoms. The van der Waals surface area contributed by atoms with E-state index >= 15 is 0 Å². The van der Waals surface area contributed by atoms with E-state index in [1.165, 1.54) is 7.11 Å². The third-order valence-electron chi connectivity index (χ3n) is 9.66. The van der Waals surface area contributed by atoms with Crippen LogP contribution in [0.1, 0.15) is 71.6 Å². The number of benzene rings is 2. The number of carbonyl (C=O) groups is 3. The van der Waals surface area contributed by atoms with Gasteiger partial charge in [-0.05, 0) is 67.6 Å². The maximum absolute atomic E-state index is 13.6. The number of methoxy groups -OCH3 is 1. The van der Waals surface area contributed by atoms with Crippen LogP contribution in [-0.4, -0.2) is 67.4 Å². The van der Waals surface area contributed by atoms with Crippen LogP contribution < -0.4 is 5.32 Å². The second kappa shape index (κ2) is 13.2. The van der Waals surface area contributed by atoms with Gasteiger partial charge in [0.25, 0.3) is 5.91 Å². The lowest BCUT2D eigenvalue weighted by Crippen LogP contribution is -2.43. The molecule has 2 heterocycles. The fraction of sp³-hybridized carbons (Fsp3) is 0.559. The molecule has 1 aliphatic carbocycles. The van der Waals surface area contributed by atoms with E-state index in [2.05, 4.69) is 22.3 Å². The fourth-order valence-corrected chi connectivity index (χ4v) is 7.44. The maximum Gasteiger partial charge on any atom is 0.318 e. The quantitative estimate of drug-likeness (QED) is 0.348. The Morgan fingerprint density at radius 3 is 2.12 bits per heavy atom. The summed E-state index contributed by atoms with van der Waals surface area (Å²) in [5, 5.41) is 3.25. The Hall–Kier alpha value is -3.19. The number of rotatable bonds is 9. The lowest BCUT2D eigenvalue weighted by molar-refractivity contribution is -0.153. The summed E-state index contributed by atoms with van der Waals surface area (Å²) < 4.78 is 5.09. The van der Waals surface area contributed by atoms with Crippen LogP contribution in [0.15, 0.2) is 48.5 Å². The normalized spacial score (nSPS) is 22.7. The smallest absolute Gasteiger partial charge is 0.318 e. The number of fused-ring (bicyclic) bond motifs is 1. The first kappa shape index (κ1) is 29.3. The number of hydrogen-bond acceptors (Lipinski definition) is 5. The van der Waals surface area contributed by atoms with Crippen molar-refractivity contribution in [3.63, 3.8) is 0 Å². The average Bonchev–Trinajstić information content (AvgIpc) is 3.55. The molecule has 2 amide bonds. The van der Waals surface area contributed by atoms with Gasteiger partial charge >= 0.3 is 5.97 Å². The fourth-order valence-electron chi connectivity index (χ4n) is 7.44. The van der Waals surface area contributed by atoms with Gasteiger partial charge in [0.2, 0.25) is 5.91 Å². The minimum absolute atomic E-state index is 0.0414. The van der Waals surface area contributed by atoms with Crippen molar-refractivity contribution in [1.29, 1.82) is 0 Å². The second-order valence-corrected chi connectivity index (χ2v) is 12.4. The van der Waals surface area contributed by atoms with Gasteiger partial charge in [-0.1, -0.05) is 67.8 Å². The van der Waals surface area contributed by atoms with Crippen LogP contribution in [0.3, 0.4) is 0 Å². The van der Waals surface area contributed by atoms with Crippen molar-refractivity contribution in [2.75, 3.05) is 39.8 Å². The van der Waals surface area contributed by atoms with Crippen molar-refractivity contribution in [3.05, 3.63) is 70.8 Å². The monoisotopic (exact) mass is 559 g/mol. The molecule has 1 saturated carbocycles. The van der Waals surface area contributed by atoms with Crippen LogP contribution in [0.4, 0.5) is 0 Å². The number of hydrogen-bond donors (Lipinski definition) is 1. The number of nitrogens with one attached hydrogen (secondary N) is 1. The summed E-state index contributed by atoms with van der Waals surface area (Å²) in [6.45, 7) is 8.41. The number of ether oxygens (including phenoxy) is 1. The van der Waals surface area contributed by atoms with Gasteiger partial charge in [-0.2, -0.15) is 0 Å². The Morgan fingerprint density at radius 2 is 1.51 bits per heavy atom. The summed E-state index contributed by atoms with van der Waals surface area (Å²) in [6.07, 6.45) is 5.81. The van der Waals surface area contributed by atoms with Gasteiger partial charge in [-0.15, -0.1) is 0 Å². The number of likely N-dealkylation sites (tertiary alicyclic amines) is 2. The third-order valence-corrected chi connectivity index (χ3v) is 9.66. The minimum atomic E-state index is -0.752. The Kier molecular flexibility index (Phi) is 9.43. The van der Waals surface area contributed by atoms with E-state index in [0.717, 1.165) is 93.5 Å². The molecule has 41 heavy (non-hydrogen) atoms. The van der Waals surface area contributed by atoms with E-state index in [-0.39, 0.29) is 23.8 Å². The molecule has 5 rings (SSSR count). The zero-order valence-electron chi connectivity index (χ0n) is 24.8. The zero-order chi connectivity index (χ0) is 28.9. The van der Waals surface area contributed by atoms with E-state index in [4.69, 9.17) is 4.74 Å². The van der Waals surface area contributed by atoms with Gasteiger partial charge in [0, 0.05) is 38.3 Å². The number of nitrogens with zero attached hydrogens (tertiary/aromatic N) is 2. The first-order valence-corrected chi connectivity index (χ1v) is 15.4. The van der Waals surface area contributed by atoms with Crippen LogP contribution in [0.25, 0.3) is 0 Å². The third kappa shape index (κ3) is 6.66. The number of carbonyl (C=O) groups excluding carboxylic acids is 3. The van der Waals surface area contributed by atoms with Gasteiger partial charge in [-0.3, -0.25) is 14.4 Å². The molecule has 2 saturated heterocycles. The minimum Gasteiger partial charge on any atom is -0.468 e. The molecule has 2 aromatic rings. The summed E-state index contributed by atoms with van der Waals surface area (Å²) in [7, 11) is 1.38. The van der Waals surface area contributed by atoms with Crippen molar-refractivity contribution in [2.45, 2.75) is 58.4 Å². The molecule has 7 heteroatoms. The van der Waals surface area contributed by atoms with Crippen molar-refractivity contribution in [3.8, 4) is 0 Å². The van der Waals surface area contributed by atoms with Crippen molar-refractivity contribution < 1.29 is 19.1 Å². The molecule has 0 aromatic heterocycles. The molecular weight excluding hydrogens is 514 g/mol. The highest BCUT2D eigenvalue weighted by atomic mass is 16.5. The zero-order valence-corrected chi connectivity index (χ0v) is 24.8. The Labute approximate surface area is 244 Å². The van der Waals surface area contributed by atoms with Crippen LogP contribution in [0, 0.1) is 37.5 Å². The average molecular weight is 560 g/mol. The van der Waals surface area contributed by atoms with Gasteiger partial charge in [0.15, 0.2) is 0 Å². The molecule has 4 atom stereocenters. The number of esters is 1. The summed E-state index contributed by atoms with van der Waals surface area (Å²) in [4.78, 5) is 44.2. The first-order valence-electron chi connectivity index (χ1n) is 15.4. The van der Waals surface area contributed by atoms with Crippen LogP contribution in [-0.2, 0) is 14.3 Å². The molecule has 3 fully saturated rings. The summed E-state index contributed by atoms with van der Waals surface area (Å²) in [5.74, 6) is -0.236. The van der Waals surface area contributed by atoms with E-state index in [0.29, 0.717) is 11.8 Å². The van der Waals surface area contributed by atoms with Crippen molar-refractivity contribution in [1.82, 2.24) is 15.1 Å². The van der Waals surface area contributed by atoms with E-state index in [9.17, 15) is 14.4 Å². The molecule has 3 unspecified atom stereocenters. The maximum atomic E-state index is 13.6. The molecule has 2 aromatic carbocycles. The van der Waals surface area contributed by atoms with Crippen LogP contribution in [0.5, 0.6) is 0 Å². The lowest BCUT2D eigenvalue weighted by atomic mass is 9.79. The van der Waals surface area contributed by atoms with E-state index < -0.39 is 11.9 Å². The standard InChI is InChI=1S/C34H45N3O4/c1-23-11-10-12-24(2)30(23)33(39)37-21-27-19-36(20-28(27)22-37)18-17-29(25-13-6-4-7-14-25)35-32(38)31(34(40)41-3)26-15-8-5-9-16-26/h4,6-7,10-14,26-29,31H,5,8-9,15-22H2,1-3H3,(H,35,38)/t27?,28?,29-,31?/m0/s1. The Morgan fingerprint density at radius 1 is 0.878 bits per heavy atom. The molecule has 0 bridgehead atoms. The highest BCUT2D eigenvalue weighted by Gasteiger charge is 2.42. The molecule has 0 radical (unpaired) electrons. The van der Waals surface area contributed by atoms with E-state index in [1.807, 2.05) is 55.1 Å². The highest BCUT2D eigenvalue weighted by molar-refractivity contribution is 5.98. The van der Waals surface area contributed by atoms with Gasteiger partial charge in [0.1, 0.15) is 5.92 Å². The topological polar surface area (TPSA) is 79.0 Å². The van der Waals surface area contributed by atoms with Gasteiger partial charge < -0.3 is 19.9 Å². The largest absolute Gasteiger partial charge is 0.468 e. The number of aryl methyl sites for hydroxylation is 2. The molecule has 7 nitrogen and oxygen atoms in total. The number of amides is 2. The van der Waals surface area contributed by atoms with Crippen molar-refractivity contribution in [2.24, 2.45) is 23.7 Å². The second-order valence-electron chi connectivity index (χ2n) is 12.4. The van der Waals surface area contributed by atoms with Crippen LogP contribution >= 0.6 is 0 Å². The lowest BCUT2D eigenvalue weighted by Gasteiger charge is -2.30. The molecule has 3 aliphatic rings. The SMILES string of the molecule is COC(=O)C(C(=O)N[C@@H](CCN1CC2CN(C(=O)c3c(C)cccc3C)CC2C1)c1ccccc1)C1CCCCC1. The summed E-state index contributed by atoms with van der Waals surface area (Å²) in [5.41, 5.74) is 3.99. The van der Waals surface area contributed by atoms with Crippen molar-refractivity contribution >= 4 is 17.8 Å². The van der Waals surface area contributed by atoms with Gasteiger partial charge in [-0.25, -0.2) is 0 Å². The van der Waals surface area contributed by atoms with E-state index in [1.54, 1.807) is 0 Å². The molecular formula is C34H45N3O4. The Balaban J connectivity index is 1.20. The highest BCUT2D eigenvalue weighted by Crippen LogP contribution is 2.34. The molecule has 1 N–H and O–H groups in total. The predicted molar refractivity (Wildman–Crippen MR) is 159 cm³/mol. The van der Waals surface area contributed by atoms with Gasteiger partial charge in [0.05, 0.1) is 13.2 Å². The summed E-state index contributed by atoms with van der Waals surface area (Å²) >= 11 is 0. The predicted octanol–water partition coefficient (Wildman–Crippen LogP) is 4.92. The summed E-state index contributed by atoms with van der Waals surface area (Å²) in [6, 6.07) is 15.9. The van der Waals surface area contributed by atoms with Crippen LogP contribution in [0.2, 0.25) is 0 Å². The molecule has 220 valence electrons. The Bertz CT molecular complexity index is 1190. The molecule has 2 aliphatic heterocycles. The first-order chi connectivity index (χ1) is 19.9.